The van der Waals surface area contributed by atoms with Crippen LogP contribution in [-0.2, 0) is 19.6 Å². The molecule has 0 bridgehead atoms. The number of anilines is 2. The van der Waals surface area contributed by atoms with Gasteiger partial charge in [-0.05, 0) is 54.1 Å². The maximum absolute atomic E-state index is 12.4. The van der Waals surface area contributed by atoms with E-state index < -0.39 is 22.5 Å². The van der Waals surface area contributed by atoms with Crippen molar-refractivity contribution in [3.05, 3.63) is 82.3 Å². The average Bonchev–Trinajstić information content (AvgIpc) is 2.88. The molecule has 0 saturated carbocycles. The van der Waals surface area contributed by atoms with Crippen LogP contribution in [0.25, 0.3) is 0 Å². The lowest BCUT2D eigenvalue weighted by molar-refractivity contribution is -0.119. The van der Waals surface area contributed by atoms with Gasteiger partial charge in [-0.1, -0.05) is 41.4 Å². The van der Waals surface area contributed by atoms with Crippen molar-refractivity contribution < 1.29 is 27.5 Å². The van der Waals surface area contributed by atoms with E-state index in [9.17, 15) is 18.0 Å². The molecule has 3 rings (SSSR count). The second-order valence-electron chi connectivity index (χ2n) is 7.74. The molecule has 0 unspecified atom stereocenters. The largest absolute Gasteiger partial charge is 0.495 e. The lowest BCUT2D eigenvalue weighted by Gasteiger charge is -2.22. The number of hydrogen-bond acceptors (Lipinski definition) is 7. The predicted molar refractivity (Wildman–Crippen MR) is 148 cm³/mol. The van der Waals surface area contributed by atoms with E-state index in [-0.39, 0.29) is 28.2 Å². The predicted octanol–water partition coefficient (Wildman–Crippen LogP) is 3.94. The van der Waals surface area contributed by atoms with Gasteiger partial charge in [0.05, 0.1) is 41.0 Å². The number of halogens is 2. The third-order valence-electron chi connectivity index (χ3n) is 4.92. The first-order valence-electron chi connectivity index (χ1n) is 11.0. The van der Waals surface area contributed by atoms with Gasteiger partial charge in [-0.25, -0.2) is 13.8 Å². The fraction of sp³-hybridized carbons (Fsp3) is 0.160. The molecule has 0 atom stereocenters. The molecule has 3 aromatic rings. The maximum atomic E-state index is 12.4. The third-order valence-corrected chi connectivity index (χ3v) is 6.86. The minimum atomic E-state index is -3.84. The van der Waals surface area contributed by atoms with E-state index in [4.69, 9.17) is 32.7 Å². The molecule has 0 aromatic heterocycles. The molecule has 2 N–H and O–H groups in total. The molecule has 0 spiro atoms. The van der Waals surface area contributed by atoms with Gasteiger partial charge in [0, 0.05) is 0 Å². The lowest BCUT2D eigenvalue weighted by Crippen LogP contribution is -2.39. The van der Waals surface area contributed by atoms with Crippen LogP contribution in [0.1, 0.15) is 5.56 Å². The van der Waals surface area contributed by atoms with Crippen LogP contribution in [0.15, 0.2) is 71.8 Å². The lowest BCUT2D eigenvalue weighted by atomic mass is 10.2. The van der Waals surface area contributed by atoms with Gasteiger partial charge < -0.3 is 14.8 Å². The summed E-state index contributed by atoms with van der Waals surface area (Å²) in [5.41, 5.74) is 3.51. The van der Waals surface area contributed by atoms with Gasteiger partial charge in [0.25, 0.3) is 11.8 Å². The first-order chi connectivity index (χ1) is 18.1. The van der Waals surface area contributed by atoms with Gasteiger partial charge >= 0.3 is 0 Å². The number of methoxy groups -OCH3 is 1. The van der Waals surface area contributed by atoms with Crippen LogP contribution in [0.5, 0.6) is 11.5 Å². The number of carbonyl (C=O) groups excluding carboxylic acids is 2. The number of sulfonamides is 1. The quantitative estimate of drug-likeness (QED) is 0.262. The van der Waals surface area contributed by atoms with Gasteiger partial charge in [0.15, 0.2) is 6.61 Å². The molecule has 0 aliphatic carbocycles. The number of amides is 2. The van der Waals surface area contributed by atoms with Crippen LogP contribution in [0, 0.1) is 0 Å². The summed E-state index contributed by atoms with van der Waals surface area (Å²) >= 11 is 12.1. The Labute approximate surface area is 230 Å². The van der Waals surface area contributed by atoms with E-state index in [2.05, 4.69) is 15.8 Å². The van der Waals surface area contributed by atoms with Crippen LogP contribution < -0.4 is 24.5 Å². The first kappa shape index (κ1) is 28.8. The molecule has 13 heteroatoms. The Bertz CT molecular complexity index is 1430. The highest BCUT2D eigenvalue weighted by atomic mass is 35.5. The number of hydrogen-bond donors (Lipinski definition) is 2. The van der Waals surface area contributed by atoms with Crippen LogP contribution in [0.2, 0.25) is 10.0 Å². The third kappa shape index (κ3) is 8.10. The van der Waals surface area contributed by atoms with Gasteiger partial charge in [-0.15, -0.1) is 0 Å². The summed E-state index contributed by atoms with van der Waals surface area (Å²) in [6.07, 6.45) is 2.32. The second kappa shape index (κ2) is 13.1. The Morgan fingerprint density at radius 1 is 1.00 bits per heavy atom. The zero-order valence-electron chi connectivity index (χ0n) is 20.4. The summed E-state index contributed by atoms with van der Waals surface area (Å²) in [5.74, 6) is -0.0637. The number of nitrogens with zero attached hydrogens (tertiary/aromatic N) is 2. The maximum Gasteiger partial charge on any atom is 0.262 e. The molecule has 10 nitrogen and oxygen atoms in total. The summed E-state index contributed by atoms with van der Waals surface area (Å²) in [6, 6.07) is 18.1. The standard InChI is InChI=1S/C25H24Cl2N4O6S/c1-36-22-9-4-3-7-20(22)29-24(33)16-37-18-12-10-17(11-13-18)14-28-30-23(32)15-31(38(2,34)35)21-8-5-6-19(26)25(21)27/h3-14H,15-16H2,1-2H3,(H,29,33)(H,30,32)/b28-14-. The zero-order chi connectivity index (χ0) is 27.7. The van der Waals surface area contributed by atoms with Crippen molar-refractivity contribution in [3.63, 3.8) is 0 Å². The molecule has 0 aliphatic rings. The Morgan fingerprint density at radius 3 is 2.39 bits per heavy atom. The SMILES string of the molecule is COc1ccccc1NC(=O)COc1ccc(/C=N\NC(=O)CN(c2cccc(Cl)c2Cl)S(C)(=O)=O)cc1. The molecule has 3 aromatic carbocycles. The van der Waals surface area contributed by atoms with Crippen molar-refractivity contribution in [2.45, 2.75) is 0 Å². The zero-order valence-corrected chi connectivity index (χ0v) is 22.7. The van der Waals surface area contributed by atoms with E-state index in [1.807, 2.05) is 0 Å². The molecule has 2 amide bonds. The molecule has 0 aliphatic heterocycles. The highest BCUT2D eigenvalue weighted by molar-refractivity contribution is 7.92. The minimum Gasteiger partial charge on any atom is -0.495 e. The summed E-state index contributed by atoms with van der Waals surface area (Å²) in [4.78, 5) is 24.5. The van der Waals surface area contributed by atoms with E-state index >= 15 is 0 Å². The van der Waals surface area contributed by atoms with Crippen molar-refractivity contribution in [2.75, 3.05) is 36.1 Å². The number of nitrogens with one attached hydrogen (secondary N) is 2. The molecule has 0 fully saturated rings. The Balaban J connectivity index is 1.52. The number of hydrazone groups is 1. The molecule has 0 saturated heterocycles. The monoisotopic (exact) mass is 578 g/mol. The number of ether oxygens (including phenoxy) is 2. The van der Waals surface area contributed by atoms with Gasteiger partial charge in [-0.3, -0.25) is 13.9 Å². The van der Waals surface area contributed by atoms with Crippen LogP contribution in [-0.4, -0.2) is 53.0 Å². The first-order valence-corrected chi connectivity index (χ1v) is 13.6. The molecule has 200 valence electrons. The fourth-order valence-electron chi connectivity index (χ4n) is 3.14. The summed E-state index contributed by atoms with van der Waals surface area (Å²) in [6.45, 7) is -0.769. The van der Waals surface area contributed by atoms with Gasteiger partial charge in [0.2, 0.25) is 10.0 Å². The van der Waals surface area contributed by atoms with Crippen molar-refractivity contribution in [1.82, 2.24) is 5.43 Å². The smallest absolute Gasteiger partial charge is 0.262 e. The summed E-state index contributed by atoms with van der Waals surface area (Å²) < 4.78 is 36.0. The summed E-state index contributed by atoms with van der Waals surface area (Å²) in [7, 11) is -2.33. The Kier molecular flexibility index (Phi) is 9.94. The van der Waals surface area contributed by atoms with Gasteiger partial charge in [-0.2, -0.15) is 5.10 Å². The van der Waals surface area contributed by atoms with E-state index in [0.29, 0.717) is 22.7 Å². The molecule has 38 heavy (non-hydrogen) atoms. The van der Waals surface area contributed by atoms with Crippen LogP contribution in [0.4, 0.5) is 11.4 Å². The van der Waals surface area contributed by atoms with Crippen molar-refractivity contribution in [2.24, 2.45) is 5.10 Å². The van der Waals surface area contributed by atoms with E-state index in [0.717, 1.165) is 10.6 Å². The number of carbonyl (C=O) groups is 2. The highest BCUT2D eigenvalue weighted by Crippen LogP contribution is 2.33. The number of rotatable bonds is 11. The summed E-state index contributed by atoms with van der Waals surface area (Å²) in [5, 5.41) is 6.73. The Hall–Kier alpha value is -3.80. The topological polar surface area (TPSA) is 126 Å². The molecule has 0 heterocycles. The normalized spacial score (nSPS) is 11.2. The van der Waals surface area contributed by atoms with E-state index in [1.54, 1.807) is 48.5 Å². The fourth-order valence-corrected chi connectivity index (χ4v) is 4.45. The van der Waals surface area contributed by atoms with Crippen molar-refractivity contribution in [1.29, 1.82) is 0 Å². The highest BCUT2D eigenvalue weighted by Gasteiger charge is 2.23. The van der Waals surface area contributed by atoms with Gasteiger partial charge in [0.1, 0.15) is 18.0 Å². The van der Waals surface area contributed by atoms with Crippen LogP contribution >= 0.6 is 23.2 Å². The number of para-hydroxylation sites is 2. The number of benzene rings is 3. The minimum absolute atomic E-state index is 0.00970. The Morgan fingerprint density at radius 2 is 1.71 bits per heavy atom. The molecular weight excluding hydrogens is 555 g/mol. The molecule has 0 radical (unpaired) electrons. The molecular formula is C25H24Cl2N4O6S. The van der Waals surface area contributed by atoms with Crippen molar-refractivity contribution in [3.8, 4) is 11.5 Å². The van der Waals surface area contributed by atoms with Crippen molar-refractivity contribution >= 4 is 62.6 Å². The second-order valence-corrected chi connectivity index (χ2v) is 10.4. The van der Waals surface area contributed by atoms with E-state index in [1.165, 1.54) is 31.5 Å². The van der Waals surface area contributed by atoms with Crippen LogP contribution in [0.3, 0.4) is 0 Å². The average molecular weight is 579 g/mol.